The molecule has 0 fully saturated rings. The van der Waals surface area contributed by atoms with E-state index in [0.29, 0.717) is 15.9 Å². The van der Waals surface area contributed by atoms with Crippen LogP contribution in [0, 0.1) is 0 Å². The van der Waals surface area contributed by atoms with Gasteiger partial charge in [0, 0.05) is 11.8 Å². The summed E-state index contributed by atoms with van der Waals surface area (Å²) in [6.45, 7) is 0. The molecule has 1 nitrogen and oxygen atoms in total. The van der Waals surface area contributed by atoms with Crippen LogP contribution in [-0.4, -0.2) is 4.98 Å². The number of nitrogens with zero attached hydrogens (tertiary/aromatic N) is 1. The minimum atomic E-state index is 0.456. The molecular weight excluding hydrogens is 285 g/mol. The number of thiazole rings is 1. The lowest BCUT2D eigenvalue weighted by Crippen LogP contribution is -1.88. The van der Waals surface area contributed by atoms with Crippen LogP contribution in [0.1, 0.15) is 16.3 Å². The lowest BCUT2D eigenvalue weighted by Gasteiger charge is -2.00. The number of hydrogen-bond donors (Lipinski definition) is 0. The van der Waals surface area contributed by atoms with Gasteiger partial charge >= 0.3 is 0 Å². The molecule has 1 aromatic carbocycles. The van der Waals surface area contributed by atoms with E-state index in [1.807, 2.05) is 17.5 Å². The third-order valence-corrected chi connectivity index (χ3v) is 3.99. The molecule has 0 aliphatic rings. The third kappa shape index (κ3) is 2.89. The quantitative estimate of drug-likeness (QED) is 0.742. The third-order valence-electron chi connectivity index (χ3n) is 2.08. The van der Waals surface area contributed by atoms with Crippen LogP contribution >= 0.6 is 46.1 Å². The normalized spacial score (nSPS) is 10.7. The molecule has 1 heterocycles. The molecule has 84 valence electrons. The summed E-state index contributed by atoms with van der Waals surface area (Å²) in [6.07, 6.45) is 0.762. The zero-order chi connectivity index (χ0) is 11.5. The summed E-state index contributed by atoms with van der Waals surface area (Å²) in [6, 6.07) is 5.62. The molecule has 0 aliphatic heterocycles. The SMILES string of the molecule is ClCc1csc(Cc2ccc(Cl)c(Cl)c2)n1. The van der Waals surface area contributed by atoms with E-state index in [-0.39, 0.29) is 0 Å². The molecule has 0 spiro atoms. The van der Waals surface area contributed by atoms with Gasteiger partial charge in [0.1, 0.15) is 0 Å². The summed E-state index contributed by atoms with van der Waals surface area (Å²) >= 11 is 19.1. The van der Waals surface area contributed by atoms with Crippen molar-refractivity contribution in [3.8, 4) is 0 Å². The Morgan fingerprint density at radius 3 is 2.62 bits per heavy atom. The number of halogens is 3. The first kappa shape index (κ1) is 12.2. The van der Waals surface area contributed by atoms with Crippen LogP contribution in [0.5, 0.6) is 0 Å². The number of benzene rings is 1. The average molecular weight is 293 g/mol. The van der Waals surface area contributed by atoms with Crippen LogP contribution < -0.4 is 0 Å². The second kappa shape index (κ2) is 5.37. The summed E-state index contributed by atoms with van der Waals surface area (Å²) in [7, 11) is 0. The van der Waals surface area contributed by atoms with Gasteiger partial charge in [-0.05, 0) is 17.7 Å². The first-order valence-electron chi connectivity index (χ1n) is 4.62. The Morgan fingerprint density at radius 1 is 1.19 bits per heavy atom. The highest BCUT2D eigenvalue weighted by Crippen LogP contribution is 2.24. The number of rotatable bonds is 3. The minimum absolute atomic E-state index is 0.456. The fourth-order valence-corrected chi connectivity index (χ4v) is 2.69. The topological polar surface area (TPSA) is 12.9 Å². The summed E-state index contributed by atoms with van der Waals surface area (Å²) in [5.41, 5.74) is 2.02. The van der Waals surface area contributed by atoms with Gasteiger partial charge in [0.25, 0.3) is 0 Å². The van der Waals surface area contributed by atoms with Gasteiger partial charge in [-0.1, -0.05) is 29.3 Å². The van der Waals surface area contributed by atoms with Crippen molar-refractivity contribution in [2.24, 2.45) is 0 Å². The Balaban J connectivity index is 2.17. The van der Waals surface area contributed by atoms with E-state index in [1.54, 1.807) is 17.4 Å². The highest BCUT2D eigenvalue weighted by molar-refractivity contribution is 7.09. The molecular formula is C11H8Cl3NS. The van der Waals surface area contributed by atoms with Crippen molar-refractivity contribution >= 4 is 46.1 Å². The van der Waals surface area contributed by atoms with E-state index in [1.165, 1.54) is 0 Å². The van der Waals surface area contributed by atoms with Crippen molar-refractivity contribution in [1.82, 2.24) is 4.98 Å². The number of aromatic nitrogens is 1. The zero-order valence-corrected chi connectivity index (χ0v) is 11.3. The predicted molar refractivity (Wildman–Crippen MR) is 70.9 cm³/mol. The van der Waals surface area contributed by atoms with Gasteiger partial charge in [-0.25, -0.2) is 4.98 Å². The Bertz CT molecular complexity index is 496. The van der Waals surface area contributed by atoms with E-state index in [9.17, 15) is 0 Å². The molecule has 2 aromatic rings. The second-order valence-corrected chi connectivity index (χ2v) is 5.32. The van der Waals surface area contributed by atoms with Crippen molar-refractivity contribution in [2.75, 3.05) is 0 Å². The van der Waals surface area contributed by atoms with Crippen LogP contribution in [0.3, 0.4) is 0 Å². The maximum atomic E-state index is 5.94. The Morgan fingerprint density at radius 2 is 2.00 bits per heavy atom. The summed E-state index contributed by atoms with van der Waals surface area (Å²) in [5.74, 6) is 0.456. The van der Waals surface area contributed by atoms with Gasteiger partial charge in [-0.15, -0.1) is 22.9 Å². The van der Waals surface area contributed by atoms with E-state index in [2.05, 4.69) is 4.98 Å². The first-order valence-corrected chi connectivity index (χ1v) is 6.79. The first-order chi connectivity index (χ1) is 7.69. The summed E-state index contributed by atoms with van der Waals surface area (Å²) in [4.78, 5) is 4.39. The zero-order valence-electron chi connectivity index (χ0n) is 8.21. The lowest BCUT2D eigenvalue weighted by atomic mass is 10.2. The molecule has 0 N–H and O–H groups in total. The molecule has 0 bridgehead atoms. The molecule has 2 rings (SSSR count). The minimum Gasteiger partial charge on any atom is -0.245 e. The fourth-order valence-electron chi connectivity index (χ4n) is 1.32. The van der Waals surface area contributed by atoms with Gasteiger partial charge < -0.3 is 0 Å². The van der Waals surface area contributed by atoms with Crippen molar-refractivity contribution in [1.29, 1.82) is 0 Å². The Hall–Kier alpha value is -0.280. The molecule has 16 heavy (non-hydrogen) atoms. The molecule has 0 amide bonds. The Labute approximate surface area is 113 Å². The van der Waals surface area contributed by atoms with Gasteiger partial charge in [0.15, 0.2) is 0 Å². The van der Waals surface area contributed by atoms with E-state index < -0.39 is 0 Å². The van der Waals surface area contributed by atoms with Gasteiger partial charge in [0.2, 0.25) is 0 Å². The van der Waals surface area contributed by atoms with Crippen molar-refractivity contribution in [2.45, 2.75) is 12.3 Å². The largest absolute Gasteiger partial charge is 0.245 e. The number of hydrogen-bond acceptors (Lipinski definition) is 2. The van der Waals surface area contributed by atoms with Gasteiger partial charge in [0.05, 0.1) is 26.6 Å². The maximum absolute atomic E-state index is 5.94. The lowest BCUT2D eigenvalue weighted by molar-refractivity contribution is 1.09. The highest BCUT2D eigenvalue weighted by Gasteiger charge is 2.04. The standard InChI is InChI=1S/C11H8Cl3NS/c12-5-8-6-16-11(15-8)4-7-1-2-9(13)10(14)3-7/h1-3,6H,4-5H2. The highest BCUT2D eigenvalue weighted by atomic mass is 35.5. The fraction of sp³-hybridized carbons (Fsp3) is 0.182. The van der Waals surface area contributed by atoms with Crippen molar-refractivity contribution in [3.05, 3.63) is 49.9 Å². The maximum Gasteiger partial charge on any atom is 0.0972 e. The van der Waals surface area contributed by atoms with Gasteiger partial charge in [-0.2, -0.15) is 0 Å². The molecule has 5 heteroatoms. The van der Waals surface area contributed by atoms with E-state index in [0.717, 1.165) is 22.7 Å². The molecule has 1 aromatic heterocycles. The predicted octanol–water partition coefficient (Wildman–Crippen LogP) is 4.78. The average Bonchev–Trinajstić information content (AvgIpc) is 2.71. The van der Waals surface area contributed by atoms with Crippen LogP contribution in [-0.2, 0) is 12.3 Å². The number of alkyl halides is 1. The molecule has 0 saturated heterocycles. The van der Waals surface area contributed by atoms with Crippen LogP contribution in [0.4, 0.5) is 0 Å². The van der Waals surface area contributed by atoms with Crippen molar-refractivity contribution < 1.29 is 0 Å². The molecule has 0 saturated carbocycles. The molecule has 0 aliphatic carbocycles. The Kier molecular flexibility index (Phi) is 4.09. The molecule has 0 atom stereocenters. The van der Waals surface area contributed by atoms with E-state index >= 15 is 0 Å². The molecule has 0 unspecified atom stereocenters. The van der Waals surface area contributed by atoms with Crippen LogP contribution in [0.25, 0.3) is 0 Å². The second-order valence-electron chi connectivity index (χ2n) is 3.29. The smallest absolute Gasteiger partial charge is 0.0972 e. The molecule has 0 radical (unpaired) electrons. The summed E-state index contributed by atoms with van der Waals surface area (Å²) < 4.78 is 0. The van der Waals surface area contributed by atoms with E-state index in [4.69, 9.17) is 34.8 Å². The van der Waals surface area contributed by atoms with Gasteiger partial charge in [-0.3, -0.25) is 0 Å². The monoisotopic (exact) mass is 291 g/mol. The van der Waals surface area contributed by atoms with Crippen LogP contribution in [0.2, 0.25) is 10.0 Å². The van der Waals surface area contributed by atoms with Crippen molar-refractivity contribution in [3.63, 3.8) is 0 Å². The summed E-state index contributed by atoms with van der Waals surface area (Å²) in [5, 5.41) is 4.16. The van der Waals surface area contributed by atoms with Crippen LogP contribution in [0.15, 0.2) is 23.6 Å².